The lowest BCUT2D eigenvalue weighted by molar-refractivity contribution is 0.349. The molecule has 0 fully saturated rings. The SMILES string of the molecule is CCC(CC)N(C)S(=O)(=O)c1cncc(Br)c1. The third-order valence-corrected chi connectivity index (χ3v) is 5.12. The van der Waals surface area contributed by atoms with Crippen molar-refractivity contribution in [1.29, 1.82) is 0 Å². The van der Waals surface area contributed by atoms with Gasteiger partial charge in [0.15, 0.2) is 0 Å². The highest BCUT2D eigenvalue weighted by molar-refractivity contribution is 9.10. The maximum Gasteiger partial charge on any atom is 0.244 e. The van der Waals surface area contributed by atoms with Gasteiger partial charge in [0.1, 0.15) is 4.90 Å². The van der Waals surface area contributed by atoms with E-state index in [1.54, 1.807) is 19.3 Å². The van der Waals surface area contributed by atoms with Crippen LogP contribution >= 0.6 is 15.9 Å². The first-order chi connectivity index (χ1) is 7.93. The Morgan fingerprint density at radius 3 is 2.41 bits per heavy atom. The summed E-state index contributed by atoms with van der Waals surface area (Å²) in [5.41, 5.74) is 0. The van der Waals surface area contributed by atoms with Gasteiger partial charge in [-0.25, -0.2) is 8.42 Å². The van der Waals surface area contributed by atoms with Crippen LogP contribution in [0, 0.1) is 0 Å². The zero-order valence-corrected chi connectivity index (χ0v) is 12.6. The first kappa shape index (κ1) is 14.6. The second-order valence-corrected chi connectivity index (χ2v) is 6.74. The quantitative estimate of drug-likeness (QED) is 0.838. The van der Waals surface area contributed by atoms with Gasteiger partial charge < -0.3 is 0 Å². The van der Waals surface area contributed by atoms with Crippen LogP contribution in [0.1, 0.15) is 26.7 Å². The minimum atomic E-state index is -3.44. The van der Waals surface area contributed by atoms with Gasteiger partial charge in [0, 0.05) is 30.0 Å². The number of halogens is 1. The van der Waals surface area contributed by atoms with E-state index in [2.05, 4.69) is 20.9 Å². The van der Waals surface area contributed by atoms with Crippen LogP contribution in [0.2, 0.25) is 0 Å². The van der Waals surface area contributed by atoms with Crippen molar-refractivity contribution in [2.75, 3.05) is 7.05 Å². The van der Waals surface area contributed by atoms with E-state index >= 15 is 0 Å². The van der Waals surface area contributed by atoms with E-state index in [9.17, 15) is 8.42 Å². The third kappa shape index (κ3) is 3.26. The summed E-state index contributed by atoms with van der Waals surface area (Å²) >= 11 is 3.23. The van der Waals surface area contributed by atoms with Gasteiger partial charge in [-0.3, -0.25) is 4.98 Å². The van der Waals surface area contributed by atoms with Crippen LogP contribution in [0.5, 0.6) is 0 Å². The minimum Gasteiger partial charge on any atom is -0.262 e. The molecule has 0 saturated carbocycles. The molecule has 0 aliphatic carbocycles. The predicted octanol–water partition coefficient (Wildman–Crippen LogP) is 2.65. The lowest BCUT2D eigenvalue weighted by Gasteiger charge is -2.25. The standard InChI is InChI=1S/C11H17BrN2O2S/c1-4-10(5-2)14(3)17(15,16)11-6-9(12)7-13-8-11/h6-8,10H,4-5H2,1-3H3. The molecular formula is C11H17BrN2O2S. The third-order valence-electron chi connectivity index (χ3n) is 2.81. The summed E-state index contributed by atoms with van der Waals surface area (Å²) in [5.74, 6) is 0. The van der Waals surface area contributed by atoms with Crippen LogP contribution in [0.25, 0.3) is 0 Å². The maximum absolute atomic E-state index is 12.3. The number of pyridine rings is 1. The number of sulfonamides is 1. The van der Waals surface area contributed by atoms with E-state index in [0.29, 0.717) is 4.47 Å². The van der Waals surface area contributed by atoms with Crippen molar-refractivity contribution in [2.24, 2.45) is 0 Å². The number of hydrogen-bond donors (Lipinski definition) is 0. The summed E-state index contributed by atoms with van der Waals surface area (Å²) in [6.45, 7) is 3.97. The summed E-state index contributed by atoms with van der Waals surface area (Å²) in [6, 6.07) is 1.60. The molecule has 0 N–H and O–H groups in total. The minimum absolute atomic E-state index is 0.0268. The Morgan fingerprint density at radius 2 is 1.94 bits per heavy atom. The Morgan fingerprint density at radius 1 is 1.35 bits per heavy atom. The van der Waals surface area contributed by atoms with E-state index in [-0.39, 0.29) is 10.9 Å². The molecule has 0 atom stereocenters. The van der Waals surface area contributed by atoms with Gasteiger partial charge in [-0.1, -0.05) is 13.8 Å². The first-order valence-electron chi connectivity index (χ1n) is 5.52. The van der Waals surface area contributed by atoms with Gasteiger partial charge in [-0.2, -0.15) is 4.31 Å². The number of nitrogens with zero attached hydrogens (tertiary/aromatic N) is 2. The molecule has 0 spiro atoms. The monoisotopic (exact) mass is 320 g/mol. The average Bonchev–Trinajstić information content (AvgIpc) is 2.30. The van der Waals surface area contributed by atoms with E-state index in [1.807, 2.05) is 13.8 Å². The Balaban J connectivity index is 3.11. The topological polar surface area (TPSA) is 50.3 Å². The second-order valence-electron chi connectivity index (χ2n) is 3.83. The Bertz CT molecular complexity index is 472. The van der Waals surface area contributed by atoms with Crippen LogP contribution in [-0.2, 0) is 10.0 Å². The molecule has 0 amide bonds. The summed E-state index contributed by atoms with van der Waals surface area (Å²) < 4.78 is 26.7. The highest BCUT2D eigenvalue weighted by Crippen LogP contribution is 2.21. The van der Waals surface area contributed by atoms with Crippen molar-refractivity contribution in [3.8, 4) is 0 Å². The zero-order valence-electron chi connectivity index (χ0n) is 10.2. The average molecular weight is 321 g/mol. The predicted molar refractivity (Wildman–Crippen MR) is 71.3 cm³/mol. The molecule has 1 heterocycles. The van der Waals surface area contributed by atoms with E-state index in [1.165, 1.54) is 10.5 Å². The smallest absolute Gasteiger partial charge is 0.244 e. The van der Waals surface area contributed by atoms with Crippen LogP contribution in [0.15, 0.2) is 27.8 Å². The lowest BCUT2D eigenvalue weighted by atomic mass is 10.2. The molecule has 0 unspecified atom stereocenters. The van der Waals surface area contributed by atoms with E-state index < -0.39 is 10.0 Å². The van der Waals surface area contributed by atoms with Crippen LogP contribution in [0.4, 0.5) is 0 Å². The molecule has 6 heteroatoms. The Hall–Kier alpha value is -0.460. The van der Waals surface area contributed by atoms with E-state index in [4.69, 9.17) is 0 Å². The highest BCUT2D eigenvalue weighted by Gasteiger charge is 2.26. The van der Waals surface area contributed by atoms with Crippen molar-refractivity contribution < 1.29 is 8.42 Å². The normalized spacial score (nSPS) is 12.4. The molecule has 1 rings (SSSR count). The molecular weight excluding hydrogens is 304 g/mol. The second kappa shape index (κ2) is 5.93. The Kier molecular flexibility index (Phi) is 5.09. The number of hydrogen-bond acceptors (Lipinski definition) is 3. The molecule has 1 aromatic heterocycles. The molecule has 0 aliphatic heterocycles. The molecule has 4 nitrogen and oxygen atoms in total. The van der Waals surface area contributed by atoms with Gasteiger partial charge in [-0.15, -0.1) is 0 Å². The van der Waals surface area contributed by atoms with Crippen molar-refractivity contribution >= 4 is 26.0 Å². The first-order valence-corrected chi connectivity index (χ1v) is 7.75. The number of aromatic nitrogens is 1. The molecule has 1 aromatic rings. The highest BCUT2D eigenvalue weighted by atomic mass is 79.9. The van der Waals surface area contributed by atoms with E-state index in [0.717, 1.165) is 12.8 Å². The van der Waals surface area contributed by atoms with Gasteiger partial charge >= 0.3 is 0 Å². The summed E-state index contributed by atoms with van der Waals surface area (Å²) in [7, 11) is -1.83. The summed E-state index contributed by atoms with van der Waals surface area (Å²) in [5, 5.41) is 0. The molecule has 0 saturated heterocycles. The summed E-state index contributed by atoms with van der Waals surface area (Å²) in [6.07, 6.45) is 4.54. The molecule has 0 aliphatic rings. The van der Waals surface area contributed by atoms with Crippen molar-refractivity contribution in [3.05, 3.63) is 22.9 Å². The van der Waals surface area contributed by atoms with Crippen LogP contribution < -0.4 is 0 Å². The van der Waals surface area contributed by atoms with Gasteiger partial charge in [-0.05, 0) is 34.8 Å². The largest absolute Gasteiger partial charge is 0.262 e. The molecule has 0 aromatic carbocycles. The molecule has 17 heavy (non-hydrogen) atoms. The van der Waals surface area contributed by atoms with Crippen molar-refractivity contribution in [1.82, 2.24) is 9.29 Å². The van der Waals surface area contributed by atoms with Crippen LogP contribution in [-0.4, -0.2) is 30.8 Å². The lowest BCUT2D eigenvalue weighted by Crippen LogP contribution is -2.36. The van der Waals surface area contributed by atoms with Crippen molar-refractivity contribution in [3.63, 3.8) is 0 Å². The summed E-state index contributed by atoms with van der Waals surface area (Å²) in [4.78, 5) is 4.11. The fourth-order valence-electron chi connectivity index (χ4n) is 1.70. The maximum atomic E-state index is 12.3. The van der Waals surface area contributed by atoms with Gasteiger partial charge in [0.05, 0.1) is 0 Å². The van der Waals surface area contributed by atoms with Gasteiger partial charge in [0.2, 0.25) is 10.0 Å². The zero-order chi connectivity index (χ0) is 13.1. The molecule has 0 bridgehead atoms. The fourth-order valence-corrected chi connectivity index (χ4v) is 3.71. The Labute approximate surface area is 111 Å². The fraction of sp³-hybridized carbons (Fsp3) is 0.545. The molecule has 96 valence electrons. The van der Waals surface area contributed by atoms with Crippen LogP contribution in [0.3, 0.4) is 0 Å². The van der Waals surface area contributed by atoms with Crippen molar-refractivity contribution in [2.45, 2.75) is 37.6 Å². The molecule has 0 radical (unpaired) electrons. The van der Waals surface area contributed by atoms with Gasteiger partial charge in [0.25, 0.3) is 0 Å². The number of rotatable bonds is 5.